The largest absolute Gasteiger partial charge is 0.272 e. The van der Waals surface area contributed by atoms with Crippen molar-refractivity contribution in [3.05, 3.63) is 29.4 Å². The summed E-state index contributed by atoms with van der Waals surface area (Å²) < 4.78 is 2.71. The Bertz CT molecular complexity index is 452. The standard InChI is InChI=1S/C10H11BrN4/c1-2-3-15-6-8(5-14-15)9-4-10(11)13-7-12-9/h4-7H,2-3H2,1H3. The zero-order valence-electron chi connectivity index (χ0n) is 8.39. The minimum absolute atomic E-state index is 0.788. The summed E-state index contributed by atoms with van der Waals surface area (Å²) in [4.78, 5) is 8.18. The molecule has 0 atom stereocenters. The van der Waals surface area contributed by atoms with Gasteiger partial charge >= 0.3 is 0 Å². The number of aromatic nitrogens is 4. The van der Waals surface area contributed by atoms with Crippen molar-refractivity contribution in [2.75, 3.05) is 0 Å². The number of nitrogens with zero attached hydrogens (tertiary/aromatic N) is 4. The summed E-state index contributed by atoms with van der Waals surface area (Å²) in [5.74, 6) is 0. The highest BCUT2D eigenvalue weighted by molar-refractivity contribution is 9.10. The molecular formula is C10H11BrN4. The first kappa shape index (κ1) is 10.3. The van der Waals surface area contributed by atoms with Gasteiger partial charge in [0.15, 0.2) is 0 Å². The van der Waals surface area contributed by atoms with Crippen LogP contribution < -0.4 is 0 Å². The van der Waals surface area contributed by atoms with E-state index in [2.05, 4.69) is 37.9 Å². The molecule has 0 saturated heterocycles. The molecule has 0 saturated carbocycles. The highest BCUT2D eigenvalue weighted by atomic mass is 79.9. The van der Waals surface area contributed by atoms with E-state index in [0.29, 0.717) is 0 Å². The molecule has 2 heterocycles. The average molecular weight is 267 g/mol. The smallest absolute Gasteiger partial charge is 0.117 e. The summed E-state index contributed by atoms with van der Waals surface area (Å²) >= 11 is 3.32. The second kappa shape index (κ2) is 4.53. The van der Waals surface area contributed by atoms with Crippen LogP contribution in [-0.2, 0) is 6.54 Å². The molecule has 4 nitrogen and oxygen atoms in total. The van der Waals surface area contributed by atoms with Crippen molar-refractivity contribution >= 4 is 15.9 Å². The van der Waals surface area contributed by atoms with Gasteiger partial charge in [0.25, 0.3) is 0 Å². The van der Waals surface area contributed by atoms with Crippen molar-refractivity contribution in [1.82, 2.24) is 19.7 Å². The third-order valence-electron chi connectivity index (χ3n) is 2.02. The molecule has 0 amide bonds. The van der Waals surface area contributed by atoms with E-state index in [4.69, 9.17) is 0 Å². The molecule has 5 heteroatoms. The second-order valence-electron chi connectivity index (χ2n) is 3.22. The zero-order valence-corrected chi connectivity index (χ0v) is 9.98. The van der Waals surface area contributed by atoms with E-state index in [1.807, 2.05) is 23.1 Å². The summed E-state index contributed by atoms with van der Waals surface area (Å²) in [7, 11) is 0. The van der Waals surface area contributed by atoms with Crippen LogP contribution >= 0.6 is 15.9 Å². The molecule has 0 radical (unpaired) electrons. The van der Waals surface area contributed by atoms with Crippen molar-refractivity contribution in [3.8, 4) is 11.3 Å². The van der Waals surface area contributed by atoms with Crippen LogP contribution in [0.1, 0.15) is 13.3 Å². The minimum Gasteiger partial charge on any atom is -0.272 e. The Morgan fingerprint density at radius 1 is 1.40 bits per heavy atom. The molecule has 0 bridgehead atoms. The van der Waals surface area contributed by atoms with Crippen molar-refractivity contribution in [3.63, 3.8) is 0 Å². The number of rotatable bonds is 3. The van der Waals surface area contributed by atoms with Gasteiger partial charge in [0.2, 0.25) is 0 Å². The normalized spacial score (nSPS) is 10.5. The molecule has 0 N–H and O–H groups in total. The minimum atomic E-state index is 0.788. The lowest BCUT2D eigenvalue weighted by molar-refractivity contribution is 0.603. The van der Waals surface area contributed by atoms with Crippen molar-refractivity contribution in [2.45, 2.75) is 19.9 Å². The van der Waals surface area contributed by atoms with E-state index in [9.17, 15) is 0 Å². The van der Waals surface area contributed by atoms with Gasteiger partial charge in [0, 0.05) is 18.3 Å². The first-order valence-electron chi connectivity index (χ1n) is 4.80. The molecule has 0 spiro atoms. The zero-order chi connectivity index (χ0) is 10.7. The van der Waals surface area contributed by atoms with E-state index < -0.39 is 0 Å². The topological polar surface area (TPSA) is 43.6 Å². The lowest BCUT2D eigenvalue weighted by atomic mass is 10.2. The number of hydrogen-bond donors (Lipinski definition) is 0. The van der Waals surface area contributed by atoms with Crippen molar-refractivity contribution in [1.29, 1.82) is 0 Å². The van der Waals surface area contributed by atoms with Gasteiger partial charge in [-0.2, -0.15) is 5.10 Å². The maximum atomic E-state index is 4.25. The molecule has 0 aliphatic rings. The fourth-order valence-electron chi connectivity index (χ4n) is 1.34. The van der Waals surface area contributed by atoms with Crippen LogP contribution in [0.3, 0.4) is 0 Å². The highest BCUT2D eigenvalue weighted by Crippen LogP contribution is 2.18. The van der Waals surface area contributed by atoms with E-state index in [1.165, 1.54) is 6.33 Å². The van der Waals surface area contributed by atoms with Gasteiger partial charge in [-0.05, 0) is 28.4 Å². The highest BCUT2D eigenvalue weighted by Gasteiger charge is 2.03. The molecule has 2 aromatic rings. The predicted octanol–water partition coefficient (Wildman–Crippen LogP) is 2.51. The van der Waals surface area contributed by atoms with Crippen LogP contribution in [0.2, 0.25) is 0 Å². The fourth-order valence-corrected chi connectivity index (χ4v) is 1.65. The Labute approximate surface area is 96.5 Å². The van der Waals surface area contributed by atoms with Gasteiger partial charge in [-0.15, -0.1) is 0 Å². The van der Waals surface area contributed by atoms with E-state index in [-0.39, 0.29) is 0 Å². The second-order valence-corrected chi connectivity index (χ2v) is 4.03. The molecule has 0 unspecified atom stereocenters. The van der Waals surface area contributed by atoms with Crippen molar-refractivity contribution in [2.24, 2.45) is 0 Å². The van der Waals surface area contributed by atoms with Crippen LogP contribution in [0.25, 0.3) is 11.3 Å². The van der Waals surface area contributed by atoms with Gasteiger partial charge in [-0.1, -0.05) is 6.92 Å². The van der Waals surface area contributed by atoms with Crippen LogP contribution in [-0.4, -0.2) is 19.7 Å². The molecule has 0 aliphatic heterocycles. The van der Waals surface area contributed by atoms with Crippen LogP contribution in [0.4, 0.5) is 0 Å². The fraction of sp³-hybridized carbons (Fsp3) is 0.300. The molecule has 2 aromatic heterocycles. The molecule has 0 fully saturated rings. The third kappa shape index (κ3) is 2.41. The van der Waals surface area contributed by atoms with Crippen molar-refractivity contribution < 1.29 is 0 Å². The molecule has 0 aromatic carbocycles. The molecular weight excluding hydrogens is 256 g/mol. The Balaban J connectivity index is 2.29. The van der Waals surface area contributed by atoms with Crippen LogP contribution in [0.15, 0.2) is 29.4 Å². The maximum Gasteiger partial charge on any atom is 0.117 e. The maximum absolute atomic E-state index is 4.25. The lowest BCUT2D eigenvalue weighted by Gasteiger charge is -1.96. The summed E-state index contributed by atoms with van der Waals surface area (Å²) in [6.45, 7) is 3.06. The number of aryl methyl sites for hydroxylation is 1. The summed E-state index contributed by atoms with van der Waals surface area (Å²) in [6.07, 6.45) is 6.44. The summed E-state index contributed by atoms with van der Waals surface area (Å²) in [5, 5.41) is 4.25. The number of hydrogen-bond acceptors (Lipinski definition) is 3. The van der Waals surface area contributed by atoms with Gasteiger partial charge in [0.05, 0.1) is 11.9 Å². The Hall–Kier alpha value is -1.23. The predicted molar refractivity (Wildman–Crippen MR) is 61.2 cm³/mol. The van der Waals surface area contributed by atoms with Gasteiger partial charge in [0.1, 0.15) is 10.9 Å². The summed E-state index contributed by atoms with van der Waals surface area (Å²) in [6, 6.07) is 1.88. The quantitative estimate of drug-likeness (QED) is 0.802. The first-order chi connectivity index (χ1) is 7.29. The van der Waals surface area contributed by atoms with Gasteiger partial charge < -0.3 is 0 Å². The monoisotopic (exact) mass is 266 g/mol. The summed E-state index contributed by atoms with van der Waals surface area (Å²) in [5.41, 5.74) is 1.91. The van der Waals surface area contributed by atoms with E-state index in [1.54, 1.807) is 0 Å². The SMILES string of the molecule is CCCn1cc(-c2cc(Br)ncn2)cn1. The third-order valence-corrected chi connectivity index (χ3v) is 2.45. The number of halogens is 1. The van der Waals surface area contributed by atoms with Gasteiger partial charge in [-0.3, -0.25) is 4.68 Å². The Kier molecular flexibility index (Phi) is 3.11. The first-order valence-corrected chi connectivity index (χ1v) is 5.59. The Morgan fingerprint density at radius 2 is 2.27 bits per heavy atom. The van der Waals surface area contributed by atoms with E-state index in [0.717, 1.165) is 28.8 Å². The van der Waals surface area contributed by atoms with Gasteiger partial charge in [-0.25, -0.2) is 9.97 Å². The molecule has 78 valence electrons. The average Bonchev–Trinajstić information content (AvgIpc) is 2.67. The Morgan fingerprint density at radius 3 is 3.00 bits per heavy atom. The molecule has 15 heavy (non-hydrogen) atoms. The lowest BCUT2D eigenvalue weighted by Crippen LogP contribution is -1.95. The molecule has 2 rings (SSSR count). The van der Waals surface area contributed by atoms with E-state index >= 15 is 0 Å². The van der Waals surface area contributed by atoms with Crippen LogP contribution in [0, 0.1) is 0 Å². The van der Waals surface area contributed by atoms with Crippen LogP contribution in [0.5, 0.6) is 0 Å². The molecule has 0 aliphatic carbocycles.